The first-order valence-corrected chi connectivity index (χ1v) is 19.6. The molecule has 3 aromatic heterocycles. The van der Waals surface area contributed by atoms with Gasteiger partial charge in [0.05, 0.1) is 11.4 Å². The van der Waals surface area contributed by atoms with Gasteiger partial charge in [-0.15, -0.1) is 11.3 Å². The van der Waals surface area contributed by atoms with Crippen LogP contribution in [0.4, 0.5) is 0 Å². The molecule has 56 heavy (non-hydrogen) atoms. The molecule has 0 amide bonds. The second-order valence-corrected chi connectivity index (χ2v) is 15.2. The van der Waals surface area contributed by atoms with Gasteiger partial charge in [0, 0.05) is 53.2 Å². The maximum Gasteiger partial charge on any atom is 0.160 e. The maximum absolute atomic E-state index is 6.57. The molecule has 0 fully saturated rings. The van der Waals surface area contributed by atoms with Gasteiger partial charge < -0.3 is 4.42 Å². The zero-order chi connectivity index (χ0) is 37.0. The Kier molecular flexibility index (Phi) is 7.68. The van der Waals surface area contributed by atoms with Gasteiger partial charge >= 0.3 is 0 Å². The van der Waals surface area contributed by atoms with Crippen molar-refractivity contribution < 1.29 is 4.42 Å². The van der Waals surface area contributed by atoms with Crippen molar-refractivity contribution in [3.63, 3.8) is 0 Å². The van der Waals surface area contributed by atoms with E-state index in [0.717, 1.165) is 83.4 Å². The molecule has 11 aromatic rings. The molecule has 0 N–H and O–H groups in total. The van der Waals surface area contributed by atoms with Crippen molar-refractivity contribution in [2.75, 3.05) is 0 Å². The van der Waals surface area contributed by atoms with Crippen LogP contribution in [0.1, 0.15) is 0 Å². The van der Waals surface area contributed by atoms with Crippen LogP contribution in [0.2, 0.25) is 0 Å². The van der Waals surface area contributed by atoms with E-state index in [2.05, 4.69) is 182 Å². The second kappa shape index (κ2) is 13.3. The highest BCUT2D eigenvalue weighted by atomic mass is 32.1. The number of para-hydroxylation sites is 2. The number of rotatable bonds is 6. The normalized spacial score (nSPS) is 11.6. The first kappa shape index (κ1) is 32.3. The highest BCUT2D eigenvalue weighted by molar-refractivity contribution is 7.25. The molecule has 0 saturated heterocycles. The van der Waals surface area contributed by atoms with E-state index in [9.17, 15) is 0 Å². The zero-order valence-corrected chi connectivity index (χ0v) is 31.0. The molecule has 0 atom stereocenters. The van der Waals surface area contributed by atoms with Gasteiger partial charge in [0.25, 0.3) is 0 Å². The minimum absolute atomic E-state index is 0.684. The molecule has 0 aliphatic rings. The Morgan fingerprint density at radius 3 is 1.82 bits per heavy atom. The van der Waals surface area contributed by atoms with E-state index in [1.54, 1.807) is 0 Å². The molecule has 262 valence electrons. The average Bonchev–Trinajstić information content (AvgIpc) is 3.85. The van der Waals surface area contributed by atoms with Crippen LogP contribution in [0.5, 0.6) is 0 Å². The smallest absolute Gasteiger partial charge is 0.160 e. The van der Waals surface area contributed by atoms with Crippen LogP contribution in [0.25, 0.3) is 109 Å². The van der Waals surface area contributed by atoms with Gasteiger partial charge in [0.1, 0.15) is 11.2 Å². The van der Waals surface area contributed by atoms with Crippen molar-refractivity contribution in [1.29, 1.82) is 0 Å². The van der Waals surface area contributed by atoms with Crippen LogP contribution in [0.15, 0.2) is 199 Å². The largest absolute Gasteiger partial charge is 0.455 e. The summed E-state index contributed by atoms with van der Waals surface area (Å²) in [6.45, 7) is 0. The summed E-state index contributed by atoms with van der Waals surface area (Å²) < 4.78 is 9.10. The van der Waals surface area contributed by atoms with Gasteiger partial charge in [-0.1, -0.05) is 140 Å². The van der Waals surface area contributed by atoms with Crippen LogP contribution in [0.3, 0.4) is 0 Å². The van der Waals surface area contributed by atoms with E-state index < -0.39 is 0 Å². The van der Waals surface area contributed by atoms with Crippen molar-refractivity contribution >= 4 is 53.4 Å². The predicted molar refractivity (Wildman–Crippen MR) is 235 cm³/mol. The lowest BCUT2D eigenvalue weighted by Crippen LogP contribution is -1.97. The molecule has 0 radical (unpaired) electrons. The average molecular weight is 733 g/mol. The topological polar surface area (TPSA) is 38.9 Å². The fourth-order valence-corrected chi connectivity index (χ4v) is 9.09. The molecule has 0 spiro atoms. The van der Waals surface area contributed by atoms with Gasteiger partial charge in [0.2, 0.25) is 0 Å². The molecule has 0 bridgehead atoms. The number of thiophene rings is 1. The third kappa shape index (κ3) is 5.58. The number of hydrogen-bond donors (Lipinski definition) is 0. The third-order valence-electron chi connectivity index (χ3n) is 10.7. The highest BCUT2D eigenvalue weighted by Gasteiger charge is 2.18. The number of hydrogen-bond acceptors (Lipinski definition) is 4. The van der Waals surface area contributed by atoms with E-state index in [4.69, 9.17) is 14.4 Å². The quantitative estimate of drug-likeness (QED) is 0.171. The molecule has 0 aliphatic heterocycles. The van der Waals surface area contributed by atoms with Crippen molar-refractivity contribution in [1.82, 2.24) is 9.97 Å². The molecule has 3 heterocycles. The van der Waals surface area contributed by atoms with Gasteiger partial charge in [0.15, 0.2) is 5.82 Å². The fourth-order valence-electron chi connectivity index (χ4n) is 8.01. The standard InChI is InChI=1S/C52H32N2OS/c1-3-14-33(15-4-1)36-28-37(40-22-13-23-44-42-20-9-11-24-48(42)55-51(40)44)30-38(29-36)46-32-47(41-19-8-7-18-39(41)34-16-5-2-6-17-34)54-52(53-46)35-26-27-50-45(31-35)43-21-10-12-25-49(43)56-50/h1-32H. The lowest BCUT2D eigenvalue weighted by atomic mass is 9.93. The first-order valence-electron chi connectivity index (χ1n) is 18.8. The number of benzene rings is 8. The maximum atomic E-state index is 6.57. The van der Waals surface area contributed by atoms with Gasteiger partial charge in [-0.3, -0.25) is 0 Å². The summed E-state index contributed by atoms with van der Waals surface area (Å²) in [6.07, 6.45) is 0. The molecule has 0 aliphatic carbocycles. The fraction of sp³-hybridized carbons (Fsp3) is 0. The minimum Gasteiger partial charge on any atom is -0.455 e. The number of nitrogens with zero attached hydrogens (tertiary/aromatic N) is 2. The monoisotopic (exact) mass is 732 g/mol. The molecular formula is C52H32N2OS. The third-order valence-corrected chi connectivity index (χ3v) is 11.9. The molecule has 3 nitrogen and oxygen atoms in total. The van der Waals surface area contributed by atoms with Crippen LogP contribution in [-0.4, -0.2) is 9.97 Å². The summed E-state index contributed by atoms with van der Waals surface area (Å²) in [6, 6.07) is 68.5. The Morgan fingerprint density at radius 1 is 0.339 bits per heavy atom. The molecule has 0 saturated carbocycles. The predicted octanol–water partition coefficient (Wildman–Crippen LogP) is 14.7. The number of aromatic nitrogens is 2. The van der Waals surface area contributed by atoms with Crippen molar-refractivity contribution in [3.8, 4) is 67.3 Å². The van der Waals surface area contributed by atoms with Crippen molar-refractivity contribution in [2.45, 2.75) is 0 Å². The van der Waals surface area contributed by atoms with E-state index in [1.807, 2.05) is 23.5 Å². The van der Waals surface area contributed by atoms with Crippen LogP contribution in [0, 0.1) is 0 Å². The summed E-state index contributed by atoms with van der Waals surface area (Å²) in [4.78, 5) is 10.8. The lowest BCUT2D eigenvalue weighted by molar-refractivity contribution is 0.670. The number of fused-ring (bicyclic) bond motifs is 6. The summed E-state index contributed by atoms with van der Waals surface area (Å²) in [5.74, 6) is 0.684. The van der Waals surface area contributed by atoms with E-state index in [1.165, 1.54) is 20.2 Å². The van der Waals surface area contributed by atoms with Gasteiger partial charge in [-0.25, -0.2) is 9.97 Å². The SMILES string of the molecule is c1ccc(-c2cc(-c3cc(-c4ccccc4-c4ccccc4)nc(-c4ccc5sc6ccccc6c5c4)n3)cc(-c3cccc4c3oc3ccccc34)c2)cc1. The van der Waals surface area contributed by atoms with Crippen LogP contribution in [-0.2, 0) is 0 Å². The Morgan fingerprint density at radius 2 is 0.964 bits per heavy atom. The molecule has 0 unspecified atom stereocenters. The van der Waals surface area contributed by atoms with Crippen molar-refractivity contribution in [3.05, 3.63) is 194 Å². The van der Waals surface area contributed by atoms with Crippen LogP contribution < -0.4 is 0 Å². The minimum atomic E-state index is 0.684. The second-order valence-electron chi connectivity index (χ2n) is 14.1. The van der Waals surface area contributed by atoms with Crippen molar-refractivity contribution in [2.24, 2.45) is 0 Å². The van der Waals surface area contributed by atoms with E-state index in [0.29, 0.717) is 5.82 Å². The summed E-state index contributed by atoms with van der Waals surface area (Å²) in [5.41, 5.74) is 13.1. The van der Waals surface area contributed by atoms with E-state index in [-0.39, 0.29) is 0 Å². The summed E-state index contributed by atoms with van der Waals surface area (Å²) >= 11 is 1.82. The Labute approximate surface area is 327 Å². The summed E-state index contributed by atoms with van der Waals surface area (Å²) in [7, 11) is 0. The molecule has 11 rings (SSSR count). The van der Waals surface area contributed by atoms with Crippen LogP contribution >= 0.6 is 11.3 Å². The summed E-state index contributed by atoms with van der Waals surface area (Å²) in [5, 5.41) is 4.68. The Bertz CT molecular complexity index is 3250. The zero-order valence-electron chi connectivity index (χ0n) is 30.2. The highest BCUT2D eigenvalue weighted by Crippen LogP contribution is 2.41. The van der Waals surface area contributed by atoms with E-state index >= 15 is 0 Å². The lowest BCUT2D eigenvalue weighted by Gasteiger charge is -2.15. The molecule has 8 aromatic carbocycles. The Balaban J connectivity index is 1.17. The van der Waals surface area contributed by atoms with Gasteiger partial charge in [-0.2, -0.15) is 0 Å². The van der Waals surface area contributed by atoms with Gasteiger partial charge in [-0.05, 0) is 82.4 Å². The Hall–Kier alpha value is -7.14. The molecule has 4 heteroatoms. The first-order chi connectivity index (χ1) is 27.7. The number of furan rings is 1. The molecular weight excluding hydrogens is 701 g/mol.